The minimum Gasteiger partial charge on any atom is -0.460 e. The topological polar surface area (TPSA) is 76.1 Å². The molecule has 170 valence electrons. The lowest BCUT2D eigenvalue weighted by atomic mass is 9.73. The number of carbonyl (C=O) groups is 1. The van der Waals surface area contributed by atoms with Crippen molar-refractivity contribution in [1.29, 1.82) is 0 Å². The van der Waals surface area contributed by atoms with Crippen LogP contribution in [-0.4, -0.2) is 28.1 Å². The van der Waals surface area contributed by atoms with Gasteiger partial charge >= 0.3 is 5.97 Å². The highest BCUT2D eigenvalue weighted by Crippen LogP contribution is 2.36. The third-order valence-corrected chi connectivity index (χ3v) is 4.95. The maximum absolute atomic E-state index is 13.1. The molecule has 0 saturated heterocycles. The van der Waals surface area contributed by atoms with E-state index in [1.807, 2.05) is 20.8 Å². The van der Waals surface area contributed by atoms with Crippen LogP contribution in [0.4, 0.5) is 21.8 Å². The molecule has 2 N–H and O–H groups in total. The number of nitrogens with zero attached hydrogens (tertiary/aromatic N) is 2. The van der Waals surface area contributed by atoms with E-state index in [4.69, 9.17) is 4.74 Å². The minimum atomic E-state index is -0.445. The van der Waals surface area contributed by atoms with Crippen LogP contribution in [0.1, 0.15) is 58.9 Å². The maximum atomic E-state index is 13.1. The summed E-state index contributed by atoms with van der Waals surface area (Å²) in [5.74, 6) is 7.75. The van der Waals surface area contributed by atoms with E-state index in [2.05, 4.69) is 39.4 Å². The molecule has 6 nitrogen and oxygen atoms in total. The minimum absolute atomic E-state index is 0.141. The molecule has 0 amide bonds. The first kappa shape index (κ1) is 23.5. The number of carbonyl (C=O) groups excluding carboxylic acids is 1. The molecule has 7 heteroatoms. The summed E-state index contributed by atoms with van der Waals surface area (Å²) in [6.07, 6.45) is 4.89. The van der Waals surface area contributed by atoms with Crippen molar-refractivity contribution in [1.82, 2.24) is 9.97 Å². The summed E-state index contributed by atoms with van der Waals surface area (Å²) in [6, 6.07) is 6.03. The van der Waals surface area contributed by atoms with Crippen molar-refractivity contribution in [2.24, 2.45) is 11.8 Å². The van der Waals surface area contributed by atoms with Gasteiger partial charge in [0.25, 0.3) is 0 Å². The summed E-state index contributed by atoms with van der Waals surface area (Å²) in [6.45, 7) is 8.49. The van der Waals surface area contributed by atoms with Gasteiger partial charge in [-0.3, -0.25) is 4.79 Å². The first-order chi connectivity index (χ1) is 15.2. The molecule has 0 radical (unpaired) electrons. The van der Waals surface area contributed by atoms with Crippen LogP contribution in [0.25, 0.3) is 0 Å². The van der Waals surface area contributed by atoms with Gasteiger partial charge in [-0.2, -0.15) is 4.98 Å². The summed E-state index contributed by atoms with van der Waals surface area (Å²) < 4.78 is 18.5. The monoisotopic (exact) mass is 438 g/mol. The molecule has 1 heterocycles. The largest absolute Gasteiger partial charge is 0.460 e. The van der Waals surface area contributed by atoms with Crippen LogP contribution in [0.3, 0.4) is 0 Å². The van der Waals surface area contributed by atoms with Gasteiger partial charge in [-0.1, -0.05) is 18.8 Å². The average Bonchev–Trinajstić information content (AvgIpc) is 2.69. The maximum Gasteiger partial charge on any atom is 0.306 e. The Morgan fingerprint density at radius 1 is 1.25 bits per heavy atom. The van der Waals surface area contributed by atoms with Crippen molar-refractivity contribution >= 4 is 23.4 Å². The summed E-state index contributed by atoms with van der Waals surface area (Å²) in [7, 11) is 0. The quantitative estimate of drug-likeness (QED) is 0.452. The van der Waals surface area contributed by atoms with Gasteiger partial charge in [-0.05, 0) is 70.2 Å². The van der Waals surface area contributed by atoms with Gasteiger partial charge in [0.2, 0.25) is 5.95 Å². The number of esters is 1. The van der Waals surface area contributed by atoms with E-state index in [1.54, 1.807) is 18.3 Å². The van der Waals surface area contributed by atoms with E-state index >= 15 is 0 Å². The van der Waals surface area contributed by atoms with Crippen molar-refractivity contribution in [3.8, 4) is 11.8 Å². The van der Waals surface area contributed by atoms with Crippen LogP contribution in [0.5, 0.6) is 0 Å². The Morgan fingerprint density at radius 3 is 2.62 bits per heavy atom. The van der Waals surface area contributed by atoms with Gasteiger partial charge in [0.05, 0.1) is 11.8 Å². The molecule has 0 atom stereocenters. The fourth-order valence-electron chi connectivity index (χ4n) is 3.39. The molecular formula is C25H31FN4O2. The number of halogens is 1. The summed E-state index contributed by atoms with van der Waals surface area (Å²) in [5, 5.41) is 6.38. The predicted molar refractivity (Wildman–Crippen MR) is 124 cm³/mol. The van der Waals surface area contributed by atoms with Crippen LogP contribution >= 0.6 is 0 Å². The van der Waals surface area contributed by atoms with Crippen molar-refractivity contribution in [2.45, 2.75) is 59.0 Å². The van der Waals surface area contributed by atoms with Gasteiger partial charge in [0.1, 0.15) is 17.2 Å². The molecule has 0 aliphatic heterocycles. The summed E-state index contributed by atoms with van der Waals surface area (Å²) >= 11 is 0. The van der Waals surface area contributed by atoms with Crippen molar-refractivity contribution in [3.05, 3.63) is 41.8 Å². The molecule has 3 rings (SSSR count). The highest BCUT2D eigenvalue weighted by molar-refractivity contribution is 5.70. The lowest BCUT2D eigenvalue weighted by Crippen LogP contribution is -2.29. The Bertz CT molecular complexity index is 984. The molecule has 0 bridgehead atoms. The van der Waals surface area contributed by atoms with Gasteiger partial charge in [0.15, 0.2) is 0 Å². The standard InChI is InChI=1S/C25H31FN4O2/c1-5-12-27-23-19(16-28-24(30-23)29-21-10-8-20(26)9-11-21)7-6-17-13-18(14-17)15-22(31)32-25(2,3)4/h8-11,16-18H,5,12-15H2,1-4H3,(H2,27,28,29,30). The number of aromatic nitrogens is 2. The van der Waals surface area contributed by atoms with Crippen LogP contribution in [-0.2, 0) is 9.53 Å². The number of nitrogens with one attached hydrogen (secondary N) is 2. The SMILES string of the molecule is CCCNc1nc(Nc2ccc(F)cc2)ncc1C#CC1CC(CC(=O)OC(C)(C)C)C1. The van der Waals surface area contributed by atoms with E-state index in [0.29, 0.717) is 29.8 Å². The van der Waals surface area contributed by atoms with Gasteiger partial charge in [-0.25, -0.2) is 9.37 Å². The first-order valence-electron chi connectivity index (χ1n) is 11.1. The molecular weight excluding hydrogens is 407 g/mol. The predicted octanol–water partition coefficient (Wildman–Crippen LogP) is 5.29. The Morgan fingerprint density at radius 2 is 1.97 bits per heavy atom. The Labute approximate surface area is 189 Å². The van der Waals surface area contributed by atoms with Crippen LogP contribution in [0.2, 0.25) is 0 Å². The fourth-order valence-corrected chi connectivity index (χ4v) is 3.39. The van der Waals surface area contributed by atoms with Crippen molar-refractivity contribution in [2.75, 3.05) is 17.2 Å². The number of hydrogen-bond donors (Lipinski definition) is 2. The van der Waals surface area contributed by atoms with Crippen LogP contribution in [0, 0.1) is 29.5 Å². The number of hydrogen-bond acceptors (Lipinski definition) is 6. The highest BCUT2D eigenvalue weighted by atomic mass is 19.1. The van der Waals surface area contributed by atoms with Crippen LogP contribution < -0.4 is 10.6 Å². The van der Waals surface area contributed by atoms with E-state index in [1.165, 1.54) is 12.1 Å². The third kappa shape index (κ3) is 7.23. The number of benzene rings is 1. The third-order valence-electron chi connectivity index (χ3n) is 4.95. The second-order valence-electron chi connectivity index (χ2n) is 9.11. The van der Waals surface area contributed by atoms with E-state index in [-0.39, 0.29) is 17.7 Å². The average molecular weight is 439 g/mol. The van der Waals surface area contributed by atoms with Gasteiger partial charge in [-0.15, -0.1) is 0 Å². The molecule has 1 aromatic heterocycles. The zero-order chi connectivity index (χ0) is 23.1. The second-order valence-corrected chi connectivity index (χ2v) is 9.11. The van der Waals surface area contributed by atoms with Crippen molar-refractivity contribution < 1.29 is 13.9 Å². The smallest absolute Gasteiger partial charge is 0.306 e. The van der Waals surface area contributed by atoms with E-state index in [9.17, 15) is 9.18 Å². The zero-order valence-electron chi connectivity index (χ0n) is 19.2. The number of ether oxygens (including phenoxy) is 1. The molecule has 1 aromatic carbocycles. The molecule has 1 aliphatic carbocycles. The Balaban J connectivity index is 1.61. The molecule has 0 unspecified atom stereocenters. The highest BCUT2D eigenvalue weighted by Gasteiger charge is 2.31. The number of anilines is 3. The zero-order valence-corrected chi connectivity index (χ0v) is 19.2. The molecule has 0 spiro atoms. The lowest BCUT2D eigenvalue weighted by molar-refractivity contribution is -0.156. The number of rotatable bonds is 7. The fraction of sp³-hybridized carbons (Fsp3) is 0.480. The molecule has 2 aromatic rings. The Kier molecular flexibility index (Phi) is 7.68. The first-order valence-corrected chi connectivity index (χ1v) is 11.1. The molecule has 1 aliphatic rings. The van der Waals surface area contributed by atoms with E-state index in [0.717, 1.165) is 31.4 Å². The van der Waals surface area contributed by atoms with Gasteiger partial charge in [0, 0.05) is 24.6 Å². The van der Waals surface area contributed by atoms with Crippen LogP contribution in [0.15, 0.2) is 30.5 Å². The molecule has 1 fully saturated rings. The normalized spacial score (nSPS) is 17.5. The summed E-state index contributed by atoms with van der Waals surface area (Å²) in [5.41, 5.74) is 0.996. The second kappa shape index (κ2) is 10.4. The van der Waals surface area contributed by atoms with Crippen molar-refractivity contribution in [3.63, 3.8) is 0 Å². The van der Waals surface area contributed by atoms with E-state index < -0.39 is 5.60 Å². The molecule has 1 saturated carbocycles. The summed E-state index contributed by atoms with van der Waals surface area (Å²) in [4.78, 5) is 20.9. The lowest BCUT2D eigenvalue weighted by Gasteiger charge is -2.32. The Hall–Kier alpha value is -3.14. The van der Waals surface area contributed by atoms with Gasteiger partial charge < -0.3 is 15.4 Å². The molecule has 32 heavy (non-hydrogen) atoms.